The van der Waals surface area contributed by atoms with E-state index in [2.05, 4.69) is 27.8 Å². The topological polar surface area (TPSA) is 76.1 Å². The summed E-state index contributed by atoms with van der Waals surface area (Å²) in [6.07, 6.45) is 1.88. The van der Waals surface area contributed by atoms with E-state index in [0.29, 0.717) is 18.3 Å². The Kier molecular flexibility index (Phi) is 5.24. The van der Waals surface area contributed by atoms with Crippen LogP contribution in [0.3, 0.4) is 0 Å². The molecule has 0 saturated carbocycles. The van der Waals surface area contributed by atoms with Gasteiger partial charge >= 0.3 is 0 Å². The quantitative estimate of drug-likeness (QED) is 0.816. The molecule has 0 aliphatic carbocycles. The number of hydrogen-bond acceptors (Lipinski definition) is 6. The standard InChI is InChI=1S/C12H20N4O2S/c1-3-5-13-9-7-18-6-8(9)11(17)14-12-16-15-10(4-2)19-12/h8-9,13H,3-7H2,1-2H3,(H,14,16,17). The average molecular weight is 284 g/mol. The summed E-state index contributed by atoms with van der Waals surface area (Å²) in [5.74, 6) is -0.189. The summed E-state index contributed by atoms with van der Waals surface area (Å²) in [7, 11) is 0. The van der Waals surface area contributed by atoms with E-state index in [-0.39, 0.29) is 17.9 Å². The number of hydrogen-bond donors (Lipinski definition) is 2. The molecule has 2 unspecified atom stereocenters. The molecule has 0 aromatic carbocycles. The number of ether oxygens (including phenoxy) is 1. The molecule has 106 valence electrons. The van der Waals surface area contributed by atoms with Crippen LogP contribution in [0.1, 0.15) is 25.3 Å². The molecule has 2 heterocycles. The van der Waals surface area contributed by atoms with Crippen molar-refractivity contribution in [3.63, 3.8) is 0 Å². The van der Waals surface area contributed by atoms with Gasteiger partial charge in [0.05, 0.1) is 19.1 Å². The Morgan fingerprint density at radius 2 is 2.26 bits per heavy atom. The number of carbonyl (C=O) groups is 1. The fourth-order valence-corrected chi connectivity index (χ4v) is 2.67. The fraction of sp³-hybridized carbons (Fsp3) is 0.750. The van der Waals surface area contributed by atoms with Crippen molar-refractivity contribution < 1.29 is 9.53 Å². The van der Waals surface area contributed by atoms with Crippen molar-refractivity contribution in [1.29, 1.82) is 0 Å². The molecule has 0 spiro atoms. The highest BCUT2D eigenvalue weighted by Crippen LogP contribution is 2.19. The van der Waals surface area contributed by atoms with E-state index in [1.54, 1.807) is 0 Å². The molecule has 0 radical (unpaired) electrons. The number of carbonyl (C=O) groups excluding carboxylic acids is 1. The zero-order valence-corrected chi connectivity index (χ0v) is 12.1. The van der Waals surface area contributed by atoms with Crippen LogP contribution in [0.25, 0.3) is 0 Å². The van der Waals surface area contributed by atoms with Gasteiger partial charge in [-0.3, -0.25) is 4.79 Å². The van der Waals surface area contributed by atoms with Gasteiger partial charge in [-0.1, -0.05) is 25.2 Å². The lowest BCUT2D eigenvalue weighted by Crippen LogP contribution is -2.41. The molecule has 7 heteroatoms. The Bertz CT molecular complexity index is 424. The van der Waals surface area contributed by atoms with Crippen molar-refractivity contribution in [2.75, 3.05) is 25.1 Å². The lowest BCUT2D eigenvalue weighted by Gasteiger charge is -2.17. The number of aryl methyl sites for hydroxylation is 1. The molecule has 6 nitrogen and oxygen atoms in total. The van der Waals surface area contributed by atoms with Gasteiger partial charge in [0.15, 0.2) is 0 Å². The second-order valence-corrected chi connectivity index (χ2v) is 5.61. The molecule has 2 rings (SSSR count). The first-order valence-corrected chi connectivity index (χ1v) is 7.50. The number of nitrogens with zero attached hydrogens (tertiary/aromatic N) is 2. The molecule has 0 bridgehead atoms. The second-order valence-electron chi connectivity index (χ2n) is 4.55. The van der Waals surface area contributed by atoms with Crippen LogP contribution in [-0.2, 0) is 16.0 Å². The summed E-state index contributed by atoms with van der Waals surface area (Å²) in [6.45, 7) is 6.07. The van der Waals surface area contributed by atoms with Crippen molar-refractivity contribution in [3.8, 4) is 0 Å². The minimum absolute atomic E-state index is 0.0371. The Morgan fingerprint density at radius 1 is 1.42 bits per heavy atom. The highest BCUT2D eigenvalue weighted by molar-refractivity contribution is 7.15. The molecule has 1 amide bonds. The summed E-state index contributed by atoms with van der Waals surface area (Å²) >= 11 is 1.42. The molecule has 1 fully saturated rings. The minimum atomic E-state index is -0.152. The first-order valence-electron chi connectivity index (χ1n) is 6.69. The third kappa shape index (κ3) is 3.71. The van der Waals surface area contributed by atoms with Gasteiger partial charge in [-0.25, -0.2) is 0 Å². The van der Waals surface area contributed by atoms with Crippen molar-refractivity contribution in [1.82, 2.24) is 15.5 Å². The van der Waals surface area contributed by atoms with Crippen LogP contribution in [0.5, 0.6) is 0 Å². The number of amides is 1. The molecule has 1 aromatic rings. The first kappa shape index (κ1) is 14.4. The summed E-state index contributed by atoms with van der Waals surface area (Å²) in [5.41, 5.74) is 0. The lowest BCUT2D eigenvalue weighted by molar-refractivity contribution is -0.120. The predicted molar refractivity (Wildman–Crippen MR) is 74.3 cm³/mol. The van der Waals surface area contributed by atoms with Crippen molar-refractivity contribution in [3.05, 3.63) is 5.01 Å². The van der Waals surface area contributed by atoms with E-state index in [9.17, 15) is 4.79 Å². The van der Waals surface area contributed by atoms with Crippen LogP contribution < -0.4 is 10.6 Å². The normalized spacial score (nSPS) is 22.6. The maximum Gasteiger partial charge on any atom is 0.233 e. The van der Waals surface area contributed by atoms with Crippen LogP contribution in [0.15, 0.2) is 0 Å². The molecule has 1 aromatic heterocycles. The smallest absolute Gasteiger partial charge is 0.233 e. The van der Waals surface area contributed by atoms with E-state index in [4.69, 9.17) is 4.74 Å². The number of aromatic nitrogens is 2. The average Bonchev–Trinajstić information content (AvgIpc) is 3.04. The monoisotopic (exact) mass is 284 g/mol. The van der Waals surface area contributed by atoms with Gasteiger partial charge in [0.2, 0.25) is 11.0 Å². The Hall–Kier alpha value is -1.05. The van der Waals surface area contributed by atoms with Crippen molar-refractivity contribution >= 4 is 22.4 Å². The lowest BCUT2D eigenvalue weighted by atomic mass is 10.0. The van der Waals surface area contributed by atoms with E-state index in [1.165, 1.54) is 11.3 Å². The van der Waals surface area contributed by atoms with Gasteiger partial charge in [-0.05, 0) is 19.4 Å². The van der Waals surface area contributed by atoms with Crippen molar-refractivity contribution in [2.24, 2.45) is 5.92 Å². The highest BCUT2D eigenvalue weighted by atomic mass is 32.1. The molecule has 1 aliphatic heterocycles. The zero-order chi connectivity index (χ0) is 13.7. The molecule has 1 aliphatic rings. The van der Waals surface area contributed by atoms with Gasteiger partial charge in [0.25, 0.3) is 0 Å². The van der Waals surface area contributed by atoms with Crippen molar-refractivity contribution in [2.45, 2.75) is 32.7 Å². The van der Waals surface area contributed by atoms with Gasteiger partial charge in [0, 0.05) is 6.04 Å². The predicted octanol–water partition coefficient (Wildman–Crippen LogP) is 1.05. The van der Waals surface area contributed by atoms with E-state index >= 15 is 0 Å². The fourth-order valence-electron chi connectivity index (χ4n) is 1.99. The summed E-state index contributed by atoms with van der Waals surface area (Å²) < 4.78 is 5.40. The van der Waals surface area contributed by atoms with E-state index < -0.39 is 0 Å². The largest absolute Gasteiger partial charge is 0.379 e. The SMILES string of the molecule is CCCNC1COCC1C(=O)Nc1nnc(CC)s1. The summed E-state index contributed by atoms with van der Waals surface area (Å²) in [5, 5.41) is 15.6. The third-order valence-corrected chi connectivity index (χ3v) is 4.06. The first-order chi connectivity index (χ1) is 9.24. The van der Waals surface area contributed by atoms with Crippen LogP contribution in [0.4, 0.5) is 5.13 Å². The minimum Gasteiger partial charge on any atom is -0.379 e. The number of anilines is 1. The van der Waals surface area contributed by atoms with Gasteiger partial charge < -0.3 is 15.4 Å². The molecular formula is C12H20N4O2S. The van der Waals surface area contributed by atoms with E-state index in [0.717, 1.165) is 24.4 Å². The molecule has 1 saturated heterocycles. The molecule has 19 heavy (non-hydrogen) atoms. The summed E-state index contributed by atoms with van der Waals surface area (Å²) in [4.78, 5) is 12.2. The second kappa shape index (κ2) is 6.93. The Morgan fingerprint density at radius 3 is 2.95 bits per heavy atom. The van der Waals surface area contributed by atoms with Crippen LogP contribution in [0.2, 0.25) is 0 Å². The summed E-state index contributed by atoms with van der Waals surface area (Å²) in [6, 6.07) is 0.0958. The third-order valence-electron chi connectivity index (χ3n) is 3.07. The number of nitrogens with one attached hydrogen (secondary N) is 2. The van der Waals surface area contributed by atoms with Gasteiger partial charge in [0.1, 0.15) is 5.01 Å². The van der Waals surface area contributed by atoms with Crippen LogP contribution in [-0.4, -0.2) is 41.9 Å². The van der Waals surface area contributed by atoms with Gasteiger partial charge in [-0.15, -0.1) is 10.2 Å². The van der Waals surface area contributed by atoms with Crippen LogP contribution >= 0.6 is 11.3 Å². The molecular weight excluding hydrogens is 264 g/mol. The maximum atomic E-state index is 12.2. The zero-order valence-electron chi connectivity index (χ0n) is 11.3. The molecule has 2 atom stereocenters. The number of rotatable bonds is 6. The van der Waals surface area contributed by atoms with Gasteiger partial charge in [-0.2, -0.15) is 0 Å². The molecule has 2 N–H and O–H groups in total. The Balaban J connectivity index is 1.91. The maximum absolute atomic E-state index is 12.2. The van der Waals surface area contributed by atoms with Crippen LogP contribution in [0, 0.1) is 5.92 Å². The Labute approximate surface area is 116 Å². The highest BCUT2D eigenvalue weighted by Gasteiger charge is 2.33. The van der Waals surface area contributed by atoms with E-state index in [1.807, 2.05) is 6.92 Å².